The second-order valence-electron chi connectivity index (χ2n) is 7.18. The van der Waals surface area contributed by atoms with Gasteiger partial charge in [0.05, 0.1) is 6.42 Å². The van der Waals surface area contributed by atoms with Crippen molar-refractivity contribution in [2.45, 2.75) is 39.2 Å². The largest absolute Gasteiger partial charge is 0.325 e. The molecule has 0 radical (unpaired) electrons. The van der Waals surface area contributed by atoms with E-state index in [4.69, 9.17) is 0 Å². The number of hydrogen-bond donors (Lipinski definition) is 3. The van der Waals surface area contributed by atoms with Gasteiger partial charge in [-0.1, -0.05) is 44.2 Å². The number of carbonyl (C=O) groups excluding carboxylic acids is 3. The van der Waals surface area contributed by atoms with E-state index in [1.807, 2.05) is 30.3 Å². The summed E-state index contributed by atoms with van der Waals surface area (Å²) in [6.45, 7) is 4.38. The average Bonchev–Trinajstić information content (AvgIpc) is 3.18. The van der Waals surface area contributed by atoms with Gasteiger partial charge >= 0.3 is 6.03 Å². The van der Waals surface area contributed by atoms with Gasteiger partial charge in [0, 0.05) is 13.0 Å². The zero-order valence-corrected chi connectivity index (χ0v) is 15.9. The first kappa shape index (κ1) is 19.5. The number of imide groups is 1. The number of hydrogen-bond acceptors (Lipinski definition) is 5. The summed E-state index contributed by atoms with van der Waals surface area (Å²) in [5, 5.41) is 11.8. The molecule has 1 aromatic heterocycles. The average molecular weight is 384 g/mol. The Morgan fingerprint density at radius 3 is 2.71 bits per heavy atom. The first-order valence-electron chi connectivity index (χ1n) is 9.29. The summed E-state index contributed by atoms with van der Waals surface area (Å²) in [6, 6.07) is 8.25. The predicted octanol–water partition coefficient (Wildman–Crippen LogP) is 1.49. The second kappa shape index (κ2) is 8.64. The number of nitrogens with zero attached hydrogens (tertiary/aromatic N) is 3. The molecule has 1 saturated heterocycles. The van der Waals surface area contributed by atoms with Crippen molar-refractivity contribution in [2.75, 3.05) is 11.9 Å². The third-order valence-corrected chi connectivity index (χ3v) is 4.35. The maximum Gasteiger partial charge on any atom is 0.324 e. The lowest BCUT2D eigenvalue weighted by Gasteiger charge is -2.12. The number of H-pyrrole nitrogens is 1. The Kier molecular flexibility index (Phi) is 6.03. The van der Waals surface area contributed by atoms with Crippen LogP contribution in [0.4, 0.5) is 10.7 Å². The van der Waals surface area contributed by atoms with Gasteiger partial charge in [0.15, 0.2) is 0 Å². The summed E-state index contributed by atoms with van der Waals surface area (Å²) in [5.74, 6) is 0.427. The van der Waals surface area contributed by atoms with Gasteiger partial charge in [0.25, 0.3) is 5.91 Å². The number of carbonyl (C=O) groups is 3. The van der Waals surface area contributed by atoms with Crippen LogP contribution in [0.25, 0.3) is 0 Å². The van der Waals surface area contributed by atoms with E-state index >= 15 is 0 Å². The van der Waals surface area contributed by atoms with Gasteiger partial charge in [-0.3, -0.25) is 24.9 Å². The molecule has 3 N–H and O–H groups in total. The Bertz CT molecular complexity index is 848. The van der Waals surface area contributed by atoms with E-state index in [0.29, 0.717) is 18.2 Å². The van der Waals surface area contributed by atoms with E-state index in [1.165, 1.54) is 0 Å². The lowest BCUT2D eigenvalue weighted by Crippen LogP contribution is -2.35. The number of urea groups is 1. The van der Waals surface area contributed by atoms with Crippen molar-refractivity contribution in [3.05, 3.63) is 41.7 Å². The molecular weight excluding hydrogens is 360 g/mol. The van der Waals surface area contributed by atoms with Gasteiger partial charge in [0.1, 0.15) is 11.9 Å². The van der Waals surface area contributed by atoms with Crippen LogP contribution in [0.3, 0.4) is 0 Å². The maximum absolute atomic E-state index is 12.5. The Hall–Kier alpha value is -3.23. The maximum atomic E-state index is 12.5. The molecule has 0 unspecified atom stereocenters. The number of aromatic amines is 1. The molecule has 2 heterocycles. The van der Waals surface area contributed by atoms with Gasteiger partial charge in [0.2, 0.25) is 11.9 Å². The van der Waals surface area contributed by atoms with E-state index in [0.717, 1.165) is 16.9 Å². The molecule has 4 amide bonds. The van der Waals surface area contributed by atoms with Crippen LogP contribution in [0.15, 0.2) is 30.3 Å². The SMILES string of the molecule is CC(C)Cc1nc(NC(=O)C[C@@H]2NC(=O)N(CCc3ccccc3)C2=O)n[nH]1. The Morgan fingerprint density at radius 2 is 2.00 bits per heavy atom. The van der Waals surface area contributed by atoms with Crippen molar-refractivity contribution < 1.29 is 14.4 Å². The highest BCUT2D eigenvalue weighted by Gasteiger charge is 2.38. The highest BCUT2D eigenvalue weighted by Crippen LogP contribution is 2.12. The van der Waals surface area contributed by atoms with Crippen LogP contribution in [0.1, 0.15) is 31.7 Å². The molecule has 148 valence electrons. The van der Waals surface area contributed by atoms with Crippen LogP contribution in [-0.2, 0) is 22.4 Å². The van der Waals surface area contributed by atoms with Crippen molar-refractivity contribution >= 4 is 23.8 Å². The van der Waals surface area contributed by atoms with E-state index < -0.39 is 23.9 Å². The van der Waals surface area contributed by atoms with Crippen molar-refractivity contribution in [3.8, 4) is 0 Å². The summed E-state index contributed by atoms with van der Waals surface area (Å²) in [4.78, 5) is 42.1. The number of amides is 4. The lowest BCUT2D eigenvalue weighted by atomic mass is 10.1. The zero-order chi connectivity index (χ0) is 20.1. The molecule has 0 spiro atoms. The first-order valence-corrected chi connectivity index (χ1v) is 9.29. The predicted molar refractivity (Wildman–Crippen MR) is 102 cm³/mol. The van der Waals surface area contributed by atoms with Crippen LogP contribution in [-0.4, -0.2) is 50.5 Å². The molecule has 3 rings (SSSR count). The minimum Gasteiger partial charge on any atom is -0.325 e. The highest BCUT2D eigenvalue weighted by atomic mass is 16.2. The van der Waals surface area contributed by atoms with Crippen LogP contribution in [0.2, 0.25) is 0 Å². The van der Waals surface area contributed by atoms with Crippen LogP contribution >= 0.6 is 0 Å². The fourth-order valence-electron chi connectivity index (χ4n) is 3.00. The molecule has 1 aromatic carbocycles. The van der Waals surface area contributed by atoms with Crippen LogP contribution < -0.4 is 10.6 Å². The Labute approximate surface area is 162 Å². The number of aromatic nitrogens is 3. The summed E-state index contributed by atoms with van der Waals surface area (Å²) in [7, 11) is 0. The molecule has 9 heteroatoms. The number of rotatable bonds is 8. The van der Waals surface area contributed by atoms with Gasteiger partial charge in [-0.2, -0.15) is 4.98 Å². The smallest absolute Gasteiger partial charge is 0.324 e. The van der Waals surface area contributed by atoms with E-state index in [2.05, 4.69) is 39.7 Å². The third-order valence-electron chi connectivity index (χ3n) is 4.35. The first-order chi connectivity index (χ1) is 13.4. The second-order valence-corrected chi connectivity index (χ2v) is 7.18. The molecule has 0 bridgehead atoms. The molecule has 0 saturated carbocycles. The Balaban J connectivity index is 1.51. The topological polar surface area (TPSA) is 120 Å². The molecule has 0 aliphatic carbocycles. The van der Waals surface area contributed by atoms with Crippen LogP contribution in [0.5, 0.6) is 0 Å². The van der Waals surface area contributed by atoms with Gasteiger partial charge in [-0.25, -0.2) is 4.79 Å². The molecule has 1 atom stereocenters. The fraction of sp³-hybridized carbons (Fsp3) is 0.421. The summed E-state index contributed by atoms with van der Waals surface area (Å²) < 4.78 is 0. The lowest BCUT2D eigenvalue weighted by molar-refractivity contribution is -0.129. The zero-order valence-electron chi connectivity index (χ0n) is 15.9. The number of anilines is 1. The molecule has 28 heavy (non-hydrogen) atoms. The van der Waals surface area contributed by atoms with Crippen molar-refractivity contribution in [1.82, 2.24) is 25.4 Å². The molecule has 2 aromatic rings. The molecular formula is C19H24N6O3. The molecule has 1 aliphatic heterocycles. The van der Waals surface area contributed by atoms with Crippen molar-refractivity contribution in [3.63, 3.8) is 0 Å². The van der Waals surface area contributed by atoms with Crippen molar-refractivity contribution in [1.29, 1.82) is 0 Å². The van der Waals surface area contributed by atoms with Gasteiger partial charge in [-0.15, -0.1) is 5.10 Å². The number of benzene rings is 1. The normalized spacial score (nSPS) is 16.5. The van der Waals surface area contributed by atoms with E-state index in [1.54, 1.807) is 0 Å². The summed E-state index contributed by atoms with van der Waals surface area (Å²) in [5.41, 5.74) is 1.03. The third kappa shape index (κ3) is 4.93. The quantitative estimate of drug-likeness (QED) is 0.596. The minimum atomic E-state index is -0.877. The Morgan fingerprint density at radius 1 is 1.25 bits per heavy atom. The van der Waals surface area contributed by atoms with Gasteiger partial charge in [-0.05, 0) is 17.9 Å². The minimum absolute atomic E-state index is 0.165. The molecule has 9 nitrogen and oxygen atoms in total. The molecule has 1 aliphatic rings. The monoisotopic (exact) mass is 384 g/mol. The van der Waals surface area contributed by atoms with Gasteiger partial charge < -0.3 is 5.32 Å². The highest BCUT2D eigenvalue weighted by molar-refractivity contribution is 6.06. The number of nitrogens with one attached hydrogen (secondary N) is 3. The molecule has 1 fully saturated rings. The fourth-order valence-corrected chi connectivity index (χ4v) is 3.00. The van der Waals surface area contributed by atoms with E-state index in [9.17, 15) is 14.4 Å². The standard InChI is InChI=1S/C19H24N6O3/c1-12(2)10-15-21-18(24-23-15)22-16(26)11-14-17(27)25(19(28)20-14)9-8-13-6-4-3-5-7-13/h3-7,12,14H,8-11H2,1-2H3,(H,20,28)(H2,21,22,23,24,26)/t14-/m0/s1. The summed E-state index contributed by atoms with van der Waals surface area (Å²) in [6.07, 6.45) is 1.12. The van der Waals surface area contributed by atoms with E-state index in [-0.39, 0.29) is 18.9 Å². The van der Waals surface area contributed by atoms with Crippen molar-refractivity contribution in [2.24, 2.45) is 5.92 Å². The summed E-state index contributed by atoms with van der Waals surface area (Å²) >= 11 is 0. The van der Waals surface area contributed by atoms with Crippen LogP contribution in [0, 0.1) is 5.92 Å².